The Labute approximate surface area is 223 Å². The van der Waals surface area contributed by atoms with Crippen LogP contribution in [0.25, 0.3) is 0 Å². The topological polar surface area (TPSA) is 149 Å². The number of aryl methyl sites for hydroxylation is 1. The van der Waals surface area contributed by atoms with Crippen molar-refractivity contribution in [3.8, 4) is 0 Å². The molecule has 1 aliphatic carbocycles. The minimum absolute atomic E-state index is 0.00449. The highest BCUT2D eigenvalue weighted by molar-refractivity contribution is 5.94. The first-order valence-corrected chi connectivity index (χ1v) is 13.3. The number of carboxylic acid groups (broad SMARTS) is 1. The van der Waals surface area contributed by atoms with Gasteiger partial charge in [0.1, 0.15) is 0 Å². The van der Waals surface area contributed by atoms with Crippen molar-refractivity contribution in [3.63, 3.8) is 0 Å². The summed E-state index contributed by atoms with van der Waals surface area (Å²) in [6.07, 6.45) is 4.41. The summed E-state index contributed by atoms with van der Waals surface area (Å²) >= 11 is 0. The third-order valence-corrected chi connectivity index (χ3v) is 7.66. The van der Waals surface area contributed by atoms with Crippen LogP contribution in [0.3, 0.4) is 0 Å². The second-order valence-corrected chi connectivity index (χ2v) is 10.4. The van der Waals surface area contributed by atoms with E-state index in [1.165, 1.54) is 11.1 Å². The number of nitrogens with two attached hydrogens (primary N) is 1. The number of hydrogen-bond acceptors (Lipinski definition) is 4. The summed E-state index contributed by atoms with van der Waals surface area (Å²) in [5, 5.41) is 22.5. The predicted molar refractivity (Wildman–Crippen MR) is 145 cm³/mol. The Kier molecular flexibility index (Phi) is 8.99. The van der Waals surface area contributed by atoms with Crippen molar-refractivity contribution < 1.29 is 19.5 Å². The molecule has 0 radical (unpaired) electrons. The third kappa shape index (κ3) is 7.12. The number of carboxylic acids is 1. The third-order valence-electron chi connectivity index (χ3n) is 7.66. The number of nitrogens with zero attached hydrogens (tertiary/aromatic N) is 1. The summed E-state index contributed by atoms with van der Waals surface area (Å²) in [6, 6.07) is 17.8. The van der Waals surface area contributed by atoms with Crippen molar-refractivity contribution in [2.45, 2.75) is 62.9 Å². The largest absolute Gasteiger partial charge is 0.481 e. The Morgan fingerprint density at radius 1 is 1.05 bits per heavy atom. The Balaban J connectivity index is 1.26. The monoisotopic (exact) mass is 519 g/mol. The van der Waals surface area contributed by atoms with Gasteiger partial charge in [0.25, 0.3) is 5.91 Å². The van der Waals surface area contributed by atoms with E-state index in [1.807, 2.05) is 47.4 Å². The van der Waals surface area contributed by atoms with Gasteiger partial charge in [-0.2, -0.15) is 0 Å². The minimum atomic E-state index is -0.961. The Morgan fingerprint density at radius 2 is 1.76 bits per heavy atom. The number of hydrogen-bond donors (Lipinski definition) is 5. The molecule has 6 N–H and O–H groups in total. The molecule has 1 saturated carbocycles. The molecule has 2 atom stereocenters. The number of aliphatic carboxylic acids is 1. The van der Waals surface area contributed by atoms with Crippen LogP contribution in [-0.2, 0) is 16.0 Å². The second kappa shape index (κ2) is 12.6. The molecular weight excluding hydrogens is 482 g/mol. The lowest BCUT2D eigenvalue weighted by molar-refractivity contribution is -0.142. The predicted octanol–water partition coefficient (Wildman–Crippen LogP) is 2.86. The molecule has 0 spiro atoms. The molecule has 38 heavy (non-hydrogen) atoms. The van der Waals surface area contributed by atoms with Gasteiger partial charge in [0, 0.05) is 30.7 Å². The number of amides is 2. The second-order valence-electron chi connectivity index (χ2n) is 10.4. The summed E-state index contributed by atoms with van der Waals surface area (Å²) in [7, 11) is 0. The smallest absolute Gasteiger partial charge is 0.304 e. The standard InChI is InChI=1S/C29H37N5O4/c30-29(31)33-24-15-22(16-24)20-8-10-21(11-9-20)27(37)32-13-12-25-17-23(18-26(35)36)28(38)34(25)14-4-7-19-5-2-1-3-6-19/h1-3,5-6,8-11,22-25H,4,7,12-18H2,(H,32,37)(H,35,36)(H4,30,31,33)/t22?,23-,24?,25+/m0/s1. The van der Waals surface area contributed by atoms with Gasteiger partial charge < -0.3 is 26.4 Å². The lowest BCUT2D eigenvalue weighted by Gasteiger charge is -2.36. The molecule has 202 valence electrons. The van der Waals surface area contributed by atoms with Gasteiger partial charge in [-0.15, -0.1) is 0 Å². The minimum Gasteiger partial charge on any atom is -0.481 e. The summed E-state index contributed by atoms with van der Waals surface area (Å²) in [6.45, 7) is 0.989. The van der Waals surface area contributed by atoms with Crippen molar-refractivity contribution >= 4 is 23.7 Å². The molecule has 0 bridgehead atoms. The molecule has 1 heterocycles. The Hall–Kier alpha value is -3.88. The van der Waals surface area contributed by atoms with Gasteiger partial charge >= 0.3 is 5.97 Å². The quantitative estimate of drug-likeness (QED) is 0.215. The van der Waals surface area contributed by atoms with Crippen LogP contribution in [0.5, 0.6) is 0 Å². The number of carbonyl (C=O) groups excluding carboxylic acids is 2. The van der Waals surface area contributed by atoms with Gasteiger partial charge in [-0.3, -0.25) is 19.8 Å². The number of carbonyl (C=O) groups is 3. The van der Waals surface area contributed by atoms with E-state index in [9.17, 15) is 19.5 Å². The molecule has 1 aliphatic heterocycles. The molecule has 9 nitrogen and oxygen atoms in total. The van der Waals surface area contributed by atoms with Crippen molar-refractivity contribution in [2.75, 3.05) is 13.1 Å². The highest BCUT2D eigenvalue weighted by atomic mass is 16.4. The first-order valence-electron chi connectivity index (χ1n) is 13.3. The van der Waals surface area contributed by atoms with Crippen molar-refractivity contribution in [3.05, 3.63) is 71.3 Å². The Morgan fingerprint density at radius 3 is 2.42 bits per heavy atom. The maximum absolute atomic E-state index is 13.0. The van der Waals surface area contributed by atoms with Gasteiger partial charge in [-0.1, -0.05) is 42.5 Å². The zero-order valence-electron chi connectivity index (χ0n) is 21.6. The number of benzene rings is 2. The van der Waals surface area contributed by atoms with Gasteiger partial charge in [0.05, 0.1) is 12.3 Å². The fraction of sp³-hybridized carbons (Fsp3) is 0.448. The van der Waals surface area contributed by atoms with Crippen LogP contribution in [0.1, 0.15) is 65.9 Å². The highest BCUT2D eigenvalue weighted by Crippen LogP contribution is 2.36. The fourth-order valence-electron chi connectivity index (χ4n) is 5.61. The van der Waals surface area contributed by atoms with Gasteiger partial charge in [-0.25, -0.2) is 0 Å². The van der Waals surface area contributed by atoms with E-state index in [0.29, 0.717) is 37.4 Å². The van der Waals surface area contributed by atoms with Gasteiger partial charge in [0.15, 0.2) is 5.96 Å². The van der Waals surface area contributed by atoms with Crippen molar-refractivity contribution in [1.82, 2.24) is 15.5 Å². The van der Waals surface area contributed by atoms with E-state index >= 15 is 0 Å². The average Bonchev–Trinajstić information content (AvgIpc) is 3.15. The van der Waals surface area contributed by atoms with Gasteiger partial charge in [0.2, 0.25) is 5.91 Å². The zero-order chi connectivity index (χ0) is 27.1. The molecule has 0 unspecified atom stereocenters. The maximum atomic E-state index is 13.0. The summed E-state index contributed by atoms with van der Waals surface area (Å²) in [5.74, 6) is -1.33. The molecule has 2 aliphatic rings. The Bertz CT molecular complexity index is 1130. The molecule has 2 aromatic rings. The number of guanidine groups is 1. The average molecular weight is 520 g/mol. The van der Waals surface area contributed by atoms with Crippen LogP contribution in [0.2, 0.25) is 0 Å². The summed E-state index contributed by atoms with van der Waals surface area (Å²) in [4.78, 5) is 38.8. The lowest BCUT2D eigenvalue weighted by atomic mass is 9.76. The number of nitrogens with one attached hydrogen (secondary N) is 3. The SMILES string of the molecule is N=C(N)NC1CC(c2ccc(C(=O)NCC[C@@H]3C[C@@H](CC(=O)O)C(=O)N3CCCc3ccccc3)cc2)C1. The molecule has 2 amide bonds. The molecule has 4 rings (SSSR count). The zero-order valence-corrected chi connectivity index (χ0v) is 21.6. The van der Waals surface area contributed by atoms with Crippen molar-refractivity contribution in [1.29, 1.82) is 5.41 Å². The van der Waals surface area contributed by atoms with Gasteiger partial charge in [-0.05, 0) is 67.7 Å². The van der Waals surface area contributed by atoms with E-state index in [-0.39, 0.29) is 36.3 Å². The molecular formula is C29H37N5O4. The van der Waals surface area contributed by atoms with E-state index in [0.717, 1.165) is 25.7 Å². The molecule has 0 aromatic heterocycles. The van der Waals surface area contributed by atoms with Crippen LogP contribution in [-0.4, -0.2) is 58.9 Å². The number of likely N-dealkylation sites (tertiary alicyclic amines) is 1. The summed E-state index contributed by atoms with van der Waals surface area (Å²) < 4.78 is 0. The van der Waals surface area contributed by atoms with E-state index in [1.54, 1.807) is 0 Å². The van der Waals surface area contributed by atoms with Crippen LogP contribution >= 0.6 is 0 Å². The first-order chi connectivity index (χ1) is 18.3. The maximum Gasteiger partial charge on any atom is 0.304 e. The normalized spacial score (nSPS) is 22.5. The first kappa shape index (κ1) is 27.2. The van der Waals surface area contributed by atoms with Crippen LogP contribution in [0, 0.1) is 11.3 Å². The molecule has 1 saturated heterocycles. The fourth-order valence-corrected chi connectivity index (χ4v) is 5.61. The van der Waals surface area contributed by atoms with Crippen LogP contribution in [0.4, 0.5) is 0 Å². The van der Waals surface area contributed by atoms with E-state index in [2.05, 4.69) is 22.8 Å². The summed E-state index contributed by atoms with van der Waals surface area (Å²) in [5.41, 5.74) is 8.35. The van der Waals surface area contributed by atoms with E-state index < -0.39 is 11.9 Å². The molecule has 2 fully saturated rings. The van der Waals surface area contributed by atoms with Crippen molar-refractivity contribution in [2.24, 2.45) is 11.7 Å². The van der Waals surface area contributed by atoms with E-state index in [4.69, 9.17) is 11.1 Å². The molecule has 9 heteroatoms. The van der Waals surface area contributed by atoms with Crippen LogP contribution in [0.15, 0.2) is 54.6 Å². The van der Waals surface area contributed by atoms with Crippen LogP contribution < -0.4 is 16.4 Å². The highest BCUT2D eigenvalue weighted by Gasteiger charge is 2.39. The molecule has 2 aromatic carbocycles. The lowest BCUT2D eigenvalue weighted by Crippen LogP contribution is -2.46. The number of rotatable bonds is 12.